The number of carboxylic acids is 2. The SMILES string of the molecule is CC(C)[C@H](N)C(=O)O.CCC(C)C(N)C(=O)O. The highest BCUT2D eigenvalue weighted by Crippen LogP contribution is 2.04. The van der Waals surface area contributed by atoms with Gasteiger partial charge in [0.25, 0.3) is 0 Å². The molecule has 0 aliphatic heterocycles. The number of carboxylic acid groups (broad SMARTS) is 2. The Hall–Kier alpha value is -1.14. The van der Waals surface area contributed by atoms with E-state index in [0.29, 0.717) is 0 Å². The largest absolute Gasteiger partial charge is 0.480 e. The summed E-state index contributed by atoms with van der Waals surface area (Å²) in [6.07, 6.45) is 0.813. The summed E-state index contributed by atoms with van der Waals surface area (Å²) in [6, 6.07) is -1.41. The second-order valence-corrected chi connectivity index (χ2v) is 4.36. The van der Waals surface area contributed by atoms with E-state index in [4.69, 9.17) is 21.7 Å². The lowest BCUT2D eigenvalue weighted by molar-refractivity contribution is -0.140. The van der Waals surface area contributed by atoms with E-state index in [1.165, 1.54) is 0 Å². The number of carbonyl (C=O) groups is 2. The number of nitrogens with two attached hydrogens (primary N) is 2. The Morgan fingerprint density at radius 1 is 1.00 bits per heavy atom. The van der Waals surface area contributed by atoms with Crippen LogP contribution in [0.2, 0.25) is 0 Å². The highest BCUT2D eigenvalue weighted by Gasteiger charge is 2.17. The molecule has 6 heteroatoms. The number of aliphatic carboxylic acids is 2. The van der Waals surface area contributed by atoms with Gasteiger partial charge >= 0.3 is 11.9 Å². The van der Waals surface area contributed by atoms with E-state index >= 15 is 0 Å². The van der Waals surface area contributed by atoms with Gasteiger partial charge in [-0.25, -0.2) is 0 Å². The van der Waals surface area contributed by atoms with E-state index in [2.05, 4.69) is 0 Å². The van der Waals surface area contributed by atoms with E-state index in [1.807, 2.05) is 13.8 Å². The summed E-state index contributed by atoms with van der Waals surface area (Å²) in [6.45, 7) is 7.31. The fraction of sp³-hybridized carbons (Fsp3) is 0.818. The fourth-order valence-electron chi connectivity index (χ4n) is 0.782. The third-order valence-electron chi connectivity index (χ3n) is 2.55. The van der Waals surface area contributed by atoms with Crippen molar-refractivity contribution in [3.63, 3.8) is 0 Å². The van der Waals surface area contributed by atoms with Crippen LogP contribution in [0, 0.1) is 11.8 Å². The van der Waals surface area contributed by atoms with Crippen LogP contribution in [0.15, 0.2) is 0 Å². The molecule has 0 radical (unpaired) electrons. The lowest BCUT2D eigenvalue weighted by Crippen LogP contribution is -2.36. The minimum Gasteiger partial charge on any atom is -0.480 e. The molecule has 0 amide bonds. The highest BCUT2D eigenvalue weighted by atomic mass is 16.4. The molecular formula is C11H24N2O4. The van der Waals surface area contributed by atoms with Gasteiger partial charge < -0.3 is 21.7 Å². The van der Waals surface area contributed by atoms with Gasteiger partial charge in [0.1, 0.15) is 12.1 Å². The summed E-state index contributed by atoms with van der Waals surface area (Å²) in [5, 5.41) is 16.6. The molecule has 0 rings (SSSR count). The molecule has 0 saturated heterocycles. The minimum absolute atomic E-state index is 0.0208. The summed E-state index contributed by atoms with van der Waals surface area (Å²) in [5.41, 5.74) is 10.4. The molecule has 0 aromatic rings. The molecule has 3 atom stereocenters. The van der Waals surface area contributed by atoms with Gasteiger partial charge in [0, 0.05) is 0 Å². The summed E-state index contributed by atoms with van der Waals surface area (Å²) in [5.74, 6) is -1.75. The molecule has 6 N–H and O–H groups in total. The van der Waals surface area contributed by atoms with E-state index in [9.17, 15) is 9.59 Å². The second-order valence-electron chi connectivity index (χ2n) is 4.36. The Labute approximate surface area is 102 Å². The Kier molecular flexibility index (Phi) is 9.60. The molecule has 0 fully saturated rings. The molecule has 0 aromatic carbocycles. The van der Waals surface area contributed by atoms with Crippen molar-refractivity contribution in [1.82, 2.24) is 0 Å². The Bertz CT molecular complexity index is 244. The molecule has 0 heterocycles. The first-order valence-electron chi connectivity index (χ1n) is 5.61. The molecular weight excluding hydrogens is 224 g/mol. The van der Waals surface area contributed by atoms with Crippen LogP contribution in [0.25, 0.3) is 0 Å². The van der Waals surface area contributed by atoms with Crippen LogP contribution < -0.4 is 11.5 Å². The number of rotatable bonds is 5. The van der Waals surface area contributed by atoms with E-state index in [-0.39, 0.29) is 11.8 Å². The predicted octanol–water partition coefficient (Wildman–Crippen LogP) is 0.499. The lowest BCUT2D eigenvalue weighted by atomic mass is 10.0. The predicted molar refractivity (Wildman–Crippen MR) is 65.5 cm³/mol. The zero-order valence-corrected chi connectivity index (χ0v) is 10.9. The molecule has 17 heavy (non-hydrogen) atoms. The Balaban J connectivity index is 0. The smallest absolute Gasteiger partial charge is 0.320 e. The maximum absolute atomic E-state index is 10.2. The number of hydrogen-bond acceptors (Lipinski definition) is 4. The van der Waals surface area contributed by atoms with Crippen molar-refractivity contribution in [1.29, 1.82) is 0 Å². The van der Waals surface area contributed by atoms with Crippen LogP contribution in [-0.4, -0.2) is 34.2 Å². The van der Waals surface area contributed by atoms with Crippen LogP contribution in [-0.2, 0) is 9.59 Å². The molecule has 102 valence electrons. The minimum atomic E-state index is -0.931. The molecule has 6 nitrogen and oxygen atoms in total. The lowest BCUT2D eigenvalue weighted by Gasteiger charge is -2.11. The zero-order valence-electron chi connectivity index (χ0n) is 10.9. The second kappa shape index (κ2) is 8.95. The van der Waals surface area contributed by atoms with Crippen molar-refractivity contribution in [2.24, 2.45) is 23.3 Å². The molecule has 0 saturated carbocycles. The van der Waals surface area contributed by atoms with E-state index < -0.39 is 24.0 Å². The maximum atomic E-state index is 10.2. The number of hydrogen-bond donors (Lipinski definition) is 4. The summed E-state index contributed by atoms with van der Waals surface area (Å²) < 4.78 is 0. The van der Waals surface area contributed by atoms with Gasteiger partial charge in [-0.05, 0) is 11.8 Å². The summed E-state index contributed by atoms with van der Waals surface area (Å²) in [4.78, 5) is 20.2. The van der Waals surface area contributed by atoms with Crippen LogP contribution in [0.5, 0.6) is 0 Å². The fourth-order valence-corrected chi connectivity index (χ4v) is 0.782. The van der Waals surface area contributed by atoms with Crippen LogP contribution in [0.1, 0.15) is 34.1 Å². The summed E-state index contributed by atoms with van der Waals surface area (Å²) in [7, 11) is 0. The van der Waals surface area contributed by atoms with Gasteiger partial charge in [-0.15, -0.1) is 0 Å². The van der Waals surface area contributed by atoms with Crippen molar-refractivity contribution in [3.8, 4) is 0 Å². The van der Waals surface area contributed by atoms with Gasteiger partial charge in [-0.3, -0.25) is 9.59 Å². The van der Waals surface area contributed by atoms with Gasteiger partial charge in [-0.1, -0.05) is 34.1 Å². The van der Waals surface area contributed by atoms with Gasteiger partial charge in [0.15, 0.2) is 0 Å². The van der Waals surface area contributed by atoms with E-state index in [1.54, 1.807) is 13.8 Å². The average molecular weight is 248 g/mol. The first kappa shape index (κ1) is 18.2. The van der Waals surface area contributed by atoms with Crippen molar-refractivity contribution in [3.05, 3.63) is 0 Å². The van der Waals surface area contributed by atoms with Crippen molar-refractivity contribution in [2.75, 3.05) is 0 Å². The zero-order chi connectivity index (χ0) is 14.2. The monoisotopic (exact) mass is 248 g/mol. The molecule has 2 unspecified atom stereocenters. The first-order chi connectivity index (χ1) is 7.64. The first-order valence-corrected chi connectivity index (χ1v) is 5.61. The van der Waals surface area contributed by atoms with E-state index in [0.717, 1.165) is 6.42 Å². The molecule has 0 spiro atoms. The summed E-state index contributed by atoms with van der Waals surface area (Å²) >= 11 is 0. The van der Waals surface area contributed by atoms with Crippen molar-refractivity contribution in [2.45, 2.75) is 46.2 Å². The van der Waals surface area contributed by atoms with Crippen LogP contribution in [0.4, 0.5) is 0 Å². The quantitative estimate of drug-likeness (QED) is 0.561. The van der Waals surface area contributed by atoms with Crippen molar-refractivity contribution >= 4 is 11.9 Å². The molecule has 0 aromatic heterocycles. The van der Waals surface area contributed by atoms with Gasteiger partial charge in [0.2, 0.25) is 0 Å². The normalized spacial score (nSPS) is 15.5. The highest BCUT2D eigenvalue weighted by molar-refractivity contribution is 5.73. The molecule has 0 bridgehead atoms. The van der Waals surface area contributed by atoms with Crippen LogP contribution >= 0.6 is 0 Å². The van der Waals surface area contributed by atoms with Gasteiger partial charge in [0.05, 0.1) is 0 Å². The van der Waals surface area contributed by atoms with Crippen molar-refractivity contribution < 1.29 is 19.8 Å². The standard InChI is InChI=1S/C6H13NO2.C5H11NO2/c1-3-4(2)5(7)6(8)9;1-3(2)4(6)5(7)8/h4-5H,3,7H2,1-2H3,(H,8,9);3-4H,6H2,1-2H3,(H,7,8)/t;4-/m.0/s1. The van der Waals surface area contributed by atoms with Gasteiger partial charge in [-0.2, -0.15) is 0 Å². The maximum Gasteiger partial charge on any atom is 0.320 e. The molecule has 0 aliphatic rings. The Morgan fingerprint density at radius 2 is 1.35 bits per heavy atom. The third kappa shape index (κ3) is 8.65. The Morgan fingerprint density at radius 3 is 1.41 bits per heavy atom. The topological polar surface area (TPSA) is 127 Å². The van der Waals surface area contributed by atoms with Crippen LogP contribution in [0.3, 0.4) is 0 Å². The molecule has 0 aliphatic carbocycles. The average Bonchev–Trinajstić information content (AvgIpc) is 2.26. The third-order valence-corrected chi connectivity index (χ3v) is 2.55.